The SMILES string of the molecule is Cc1ccc2c(Nc3ccc4[nH]ncc4c3)nc(-c3cccc4ccccc34)nc2c1. The van der Waals surface area contributed by atoms with E-state index in [2.05, 4.69) is 89.2 Å². The molecule has 0 fully saturated rings. The first-order valence-corrected chi connectivity index (χ1v) is 10.2. The molecule has 148 valence electrons. The van der Waals surface area contributed by atoms with Crippen LogP contribution < -0.4 is 5.32 Å². The molecule has 0 unspecified atom stereocenters. The summed E-state index contributed by atoms with van der Waals surface area (Å²) in [6.45, 7) is 2.08. The first-order valence-electron chi connectivity index (χ1n) is 10.2. The lowest BCUT2D eigenvalue weighted by Crippen LogP contribution is -2.00. The van der Waals surface area contributed by atoms with E-state index in [1.54, 1.807) is 0 Å². The minimum Gasteiger partial charge on any atom is -0.340 e. The summed E-state index contributed by atoms with van der Waals surface area (Å²) in [6.07, 6.45) is 1.82. The molecule has 0 amide bonds. The summed E-state index contributed by atoms with van der Waals surface area (Å²) in [7, 11) is 0. The molecule has 0 aliphatic heterocycles. The molecule has 6 rings (SSSR count). The molecule has 0 saturated carbocycles. The minimum atomic E-state index is 0.710. The molecule has 0 spiro atoms. The number of nitrogens with zero attached hydrogens (tertiary/aromatic N) is 3. The van der Waals surface area contributed by atoms with Crippen LogP contribution in [-0.4, -0.2) is 20.2 Å². The Hall–Kier alpha value is -4.25. The van der Waals surface area contributed by atoms with Gasteiger partial charge >= 0.3 is 0 Å². The van der Waals surface area contributed by atoms with E-state index in [1.165, 1.54) is 10.9 Å². The van der Waals surface area contributed by atoms with Crippen molar-refractivity contribution in [2.45, 2.75) is 6.92 Å². The molecule has 0 aliphatic carbocycles. The van der Waals surface area contributed by atoms with Crippen molar-refractivity contribution in [3.63, 3.8) is 0 Å². The number of aromatic nitrogens is 4. The molecule has 0 saturated heterocycles. The summed E-state index contributed by atoms with van der Waals surface area (Å²) in [6, 6.07) is 27.0. The van der Waals surface area contributed by atoms with Gasteiger partial charge in [-0.15, -0.1) is 0 Å². The van der Waals surface area contributed by atoms with E-state index in [0.717, 1.165) is 44.3 Å². The van der Waals surface area contributed by atoms with Crippen molar-refractivity contribution in [3.05, 3.63) is 90.6 Å². The molecule has 5 nitrogen and oxygen atoms in total. The lowest BCUT2D eigenvalue weighted by Gasteiger charge is -2.13. The molecule has 2 heterocycles. The number of H-pyrrole nitrogens is 1. The topological polar surface area (TPSA) is 66.5 Å². The first kappa shape index (κ1) is 17.6. The van der Waals surface area contributed by atoms with E-state index in [1.807, 2.05) is 18.3 Å². The number of anilines is 2. The fraction of sp³-hybridized carbons (Fsp3) is 0.0385. The number of hydrogen-bond acceptors (Lipinski definition) is 4. The van der Waals surface area contributed by atoms with Gasteiger partial charge in [-0.2, -0.15) is 5.10 Å². The highest BCUT2D eigenvalue weighted by Crippen LogP contribution is 2.32. The average Bonchev–Trinajstić information content (AvgIpc) is 3.26. The van der Waals surface area contributed by atoms with Crippen molar-refractivity contribution < 1.29 is 0 Å². The first-order chi connectivity index (χ1) is 15.2. The zero-order chi connectivity index (χ0) is 20.8. The lowest BCUT2D eigenvalue weighted by molar-refractivity contribution is 1.12. The van der Waals surface area contributed by atoms with Gasteiger partial charge in [0, 0.05) is 22.0 Å². The van der Waals surface area contributed by atoms with Crippen molar-refractivity contribution in [3.8, 4) is 11.4 Å². The fourth-order valence-electron chi connectivity index (χ4n) is 4.03. The van der Waals surface area contributed by atoms with Crippen LogP contribution in [0.2, 0.25) is 0 Å². The van der Waals surface area contributed by atoms with E-state index < -0.39 is 0 Å². The summed E-state index contributed by atoms with van der Waals surface area (Å²) in [5.41, 5.74) is 5.07. The Morgan fingerprint density at radius 2 is 1.68 bits per heavy atom. The van der Waals surface area contributed by atoms with Crippen LogP contribution in [0.3, 0.4) is 0 Å². The van der Waals surface area contributed by atoms with Crippen molar-refractivity contribution in [2.75, 3.05) is 5.32 Å². The fourth-order valence-corrected chi connectivity index (χ4v) is 4.03. The van der Waals surface area contributed by atoms with Crippen LogP contribution in [-0.2, 0) is 0 Å². The molecular formula is C26H19N5. The summed E-state index contributed by atoms with van der Waals surface area (Å²) in [4.78, 5) is 9.90. The summed E-state index contributed by atoms with van der Waals surface area (Å²) >= 11 is 0. The molecule has 0 bridgehead atoms. The van der Waals surface area contributed by atoms with Crippen molar-refractivity contribution in [1.29, 1.82) is 0 Å². The maximum absolute atomic E-state index is 4.97. The van der Waals surface area contributed by atoms with Crippen LogP contribution in [0.4, 0.5) is 11.5 Å². The highest BCUT2D eigenvalue weighted by atomic mass is 15.1. The van der Waals surface area contributed by atoms with Crippen LogP contribution in [0.25, 0.3) is 44.0 Å². The average molecular weight is 401 g/mol. The molecule has 0 radical (unpaired) electrons. The molecule has 5 heteroatoms. The Balaban J connectivity index is 1.56. The molecule has 0 aliphatic rings. The number of rotatable bonds is 3. The predicted octanol–water partition coefficient (Wildman–Crippen LogP) is 6.38. The summed E-state index contributed by atoms with van der Waals surface area (Å²) < 4.78 is 0. The van der Waals surface area contributed by atoms with Crippen LogP contribution in [0.15, 0.2) is 85.1 Å². The molecule has 0 atom stereocenters. The van der Waals surface area contributed by atoms with Crippen molar-refractivity contribution in [1.82, 2.24) is 20.2 Å². The lowest BCUT2D eigenvalue weighted by atomic mass is 10.0. The van der Waals surface area contributed by atoms with E-state index in [0.29, 0.717) is 5.82 Å². The maximum atomic E-state index is 4.97. The molecule has 2 aromatic heterocycles. The third-order valence-electron chi connectivity index (χ3n) is 5.59. The van der Waals surface area contributed by atoms with E-state index in [4.69, 9.17) is 9.97 Å². The Morgan fingerprint density at radius 1 is 0.774 bits per heavy atom. The number of benzene rings is 4. The molecule has 31 heavy (non-hydrogen) atoms. The largest absolute Gasteiger partial charge is 0.340 e. The van der Waals surface area contributed by atoms with Gasteiger partial charge in [0.1, 0.15) is 5.82 Å². The number of aryl methyl sites for hydroxylation is 1. The van der Waals surface area contributed by atoms with Gasteiger partial charge in [-0.25, -0.2) is 9.97 Å². The Morgan fingerprint density at radius 3 is 2.65 bits per heavy atom. The Bertz CT molecular complexity index is 1580. The second kappa shape index (κ2) is 6.92. The van der Waals surface area contributed by atoms with Crippen LogP contribution >= 0.6 is 0 Å². The molecule has 6 aromatic rings. The zero-order valence-electron chi connectivity index (χ0n) is 16.9. The molecular weight excluding hydrogens is 382 g/mol. The van der Waals surface area contributed by atoms with Crippen LogP contribution in [0.5, 0.6) is 0 Å². The van der Waals surface area contributed by atoms with E-state index in [-0.39, 0.29) is 0 Å². The van der Waals surface area contributed by atoms with Crippen LogP contribution in [0.1, 0.15) is 5.56 Å². The van der Waals surface area contributed by atoms with Gasteiger partial charge in [-0.05, 0) is 53.6 Å². The normalized spacial score (nSPS) is 11.4. The predicted molar refractivity (Wildman–Crippen MR) is 127 cm³/mol. The maximum Gasteiger partial charge on any atom is 0.162 e. The number of aromatic amines is 1. The monoisotopic (exact) mass is 401 g/mol. The second-order valence-corrected chi connectivity index (χ2v) is 7.74. The number of nitrogens with one attached hydrogen (secondary N) is 2. The van der Waals surface area contributed by atoms with Crippen molar-refractivity contribution >= 4 is 44.1 Å². The minimum absolute atomic E-state index is 0.710. The van der Waals surface area contributed by atoms with Gasteiger partial charge in [-0.3, -0.25) is 5.10 Å². The molecule has 4 aromatic carbocycles. The standard InChI is InChI=1S/C26H19N5/c1-16-9-11-22-24(13-16)29-25(21-8-4-6-17-5-2-3-7-20(17)21)30-26(22)28-19-10-12-23-18(14-19)15-27-31-23/h2-15H,1H3,(H,27,31)(H,28,29,30). The van der Waals surface area contributed by atoms with Gasteiger partial charge in [-0.1, -0.05) is 48.5 Å². The highest BCUT2D eigenvalue weighted by Gasteiger charge is 2.13. The summed E-state index contributed by atoms with van der Waals surface area (Å²) in [5, 5.41) is 15.0. The summed E-state index contributed by atoms with van der Waals surface area (Å²) in [5.74, 6) is 1.50. The van der Waals surface area contributed by atoms with Gasteiger partial charge in [0.25, 0.3) is 0 Å². The van der Waals surface area contributed by atoms with Gasteiger partial charge in [0.05, 0.1) is 17.2 Å². The third-order valence-corrected chi connectivity index (χ3v) is 5.59. The number of fused-ring (bicyclic) bond motifs is 3. The van der Waals surface area contributed by atoms with E-state index >= 15 is 0 Å². The Labute approximate surface area is 178 Å². The molecule has 2 N–H and O–H groups in total. The van der Waals surface area contributed by atoms with Crippen molar-refractivity contribution in [2.24, 2.45) is 0 Å². The van der Waals surface area contributed by atoms with Crippen LogP contribution in [0, 0.1) is 6.92 Å². The van der Waals surface area contributed by atoms with Gasteiger partial charge in [0.2, 0.25) is 0 Å². The quantitative estimate of drug-likeness (QED) is 0.361. The zero-order valence-corrected chi connectivity index (χ0v) is 16.9. The van der Waals surface area contributed by atoms with Gasteiger partial charge in [0.15, 0.2) is 5.82 Å². The van der Waals surface area contributed by atoms with Gasteiger partial charge < -0.3 is 5.32 Å². The Kier molecular flexibility index (Phi) is 3.93. The highest BCUT2D eigenvalue weighted by molar-refractivity contribution is 5.98. The third kappa shape index (κ3) is 3.07. The second-order valence-electron chi connectivity index (χ2n) is 7.74. The number of hydrogen-bond donors (Lipinski definition) is 2. The smallest absolute Gasteiger partial charge is 0.162 e. The van der Waals surface area contributed by atoms with E-state index in [9.17, 15) is 0 Å².